The Kier molecular flexibility index (Phi) is 4.12. The molecule has 0 unspecified atom stereocenters. The molecule has 3 rings (SSSR count). The summed E-state index contributed by atoms with van der Waals surface area (Å²) < 4.78 is 18.6. The molecule has 2 aromatic rings. The first-order valence-electron chi connectivity index (χ1n) is 7.37. The average Bonchev–Trinajstić information content (AvgIpc) is 2.85. The molecule has 24 heavy (non-hydrogen) atoms. The monoisotopic (exact) mass is 327 g/mol. The lowest BCUT2D eigenvalue weighted by Gasteiger charge is -2.21. The fourth-order valence-electron chi connectivity index (χ4n) is 2.55. The van der Waals surface area contributed by atoms with Crippen LogP contribution in [0.15, 0.2) is 48.5 Å². The Hall–Kier alpha value is -3.02. The van der Waals surface area contributed by atoms with Gasteiger partial charge in [0.25, 0.3) is 11.8 Å². The molecule has 0 saturated heterocycles. The number of carbonyl (C=O) groups is 3. The molecular formula is C18H14FNO4. The topological polar surface area (TPSA) is 63.7 Å². The fraction of sp³-hybridized carbons (Fsp3) is 0.167. The summed E-state index contributed by atoms with van der Waals surface area (Å²) in [5, 5.41) is 0. The predicted molar refractivity (Wildman–Crippen MR) is 82.6 cm³/mol. The smallest absolute Gasteiger partial charge is 0.329 e. The molecule has 1 aliphatic rings. The number of hydrogen-bond acceptors (Lipinski definition) is 4. The summed E-state index contributed by atoms with van der Waals surface area (Å²) in [5.74, 6) is -2.33. The Balaban J connectivity index is 1.72. The van der Waals surface area contributed by atoms with E-state index in [9.17, 15) is 18.8 Å². The summed E-state index contributed by atoms with van der Waals surface area (Å²) >= 11 is 0. The average molecular weight is 327 g/mol. The number of hydrogen-bond donors (Lipinski definition) is 0. The van der Waals surface area contributed by atoms with Gasteiger partial charge in [0.2, 0.25) is 0 Å². The van der Waals surface area contributed by atoms with E-state index in [4.69, 9.17) is 4.74 Å². The third kappa shape index (κ3) is 2.67. The van der Waals surface area contributed by atoms with E-state index in [1.165, 1.54) is 37.3 Å². The quantitative estimate of drug-likeness (QED) is 0.639. The Labute approximate surface area is 137 Å². The van der Waals surface area contributed by atoms with Gasteiger partial charge in [0.15, 0.2) is 0 Å². The van der Waals surface area contributed by atoms with E-state index in [2.05, 4.69) is 0 Å². The summed E-state index contributed by atoms with van der Waals surface area (Å²) in [5.41, 5.74) is 0.743. The number of rotatable bonds is 4. The van der Waals surface area contributed by atoms with Crippen molar-refractivity contribution in [1.29, 1.82) is 0 Å². The molecule has 0 bridgehead atoms. The third-order valence-corrected chi connectivity index (χ3v) is 3.88. The molecule has 1 atom stereocenters. The maximum Gasteiger partial charge on any atom is 0.329 e. The molecule has 0 aliphatic carbocycles. The summed E-state index contributed by atoms with van der Waals surface area (Å²) in [6, 6.07) is 11.2. The van der Waals surface area contributed by atoms with E-state index in [0.29, 0.717) is 0 Å². The first kappa shape index (κ1) is 15.9. The minimum absolute atomic E-state index is 0.223. The summed E-state index contributed by atoms with van der Waals surface area (Å²) in [6.45, 7) is 1.14. The maximum atomic E-state index is 13.5. The van der Waals surface area contributed by atoms with E-state index in [1.54, 1.807) is 18.2 Å². The Bertz CT molecular complexity index is 798. The largest absolute Gasteiger partial charge is 0.459 e. The number of benzene rings is 2. The highest BCUT2D eigenvalue weighted by molar-refractivity contribution is 6.22. The van der Waals surface area contributed by atoms with Gasteiger partial charge in [0.05, 0.1) is 11.1 Å². The zero-order valence-corrected chi connectivity index (χ0v) is 12.9. The van der Waals surface area contributed by atoms with Gasteiger partial charge in [-0.1, -0.05) is 30.3 Å². The van der Waals surface area contributed by atoms with E-state index >= 15 is 0 Å². The summed E-state index contributed by atoms with van der Waals surface area (Å²) in [7, 11) is 0. The van der Waals surface area contributed by atoms with Crippen molar-refractivity contribution < 1.29 is 23.5 Å². The second kappa shape index (κ2) is 6.23. The molecule has 1 aliphatic heterocycles. The van der Waals surface area contributed by atoms with Crippen LogP contribution in [0.5, 0.6) is 0 Å². The van der Waals surface area contributed by atoms with Crippen molar-refractivity contribution in [1.82, 2.24) is 4.90 Å². The fourth-order valence-corrected chi connectivity index (χ4v) is 2.55. The van der Waals surface area contributed by atoms with Gasteiger partial charge in [-0.3, -0.25) is 14.5 Å². The number of imide groups is 1. The van der Waals surface area contributed by atoms with Crippen molar-refractivity contribution in [2.75, 3.05) is 0 Å². The van der Waals surface area contributed by atoms with E-state index in [1.807, 2.05) is 0 Å². The summed E-state index contributed by atoms with van der Waals surface area (Å²) in [4.78, 5) is 37.7. The number of nitrogens with zero attached hydrogens (tertiary/aromatic N) is 1. The van der Waals surface area contributed by atoms with Gasteiger partial charge >= 0.3 is 5.97 Å². The van der Waals surface area contributed by atoms with Crippen molar-refractivity contribution in [3.8, 4) is 0 Å². The van der Waals surface area contributed by atoms with Crippen molar-refractivity contribution in [3.63, 3.8) is 0 Å². The van der Waals surface area contributed by atoms with Crippen molar-refractivity contribution in [2.45, 2.75) is 19.6 Å². The minimum Gasteiger partial charge on any atom is -0.459 e. The molecule has 2 amide bonds. The lowest BCUT2D eigenvalue weighted by Crippen LogP contribution is -2.43. The highest BCUT2D eigenvalue weighted by atomic mass is 19.1. The second-order valence-electron chi connectivity index (χ2n) is 5.40. The molecule has 0 aromatic heterocycles. The van der Waals surface area contributed by atoms with Gasteiger partial charge in [-0.15, -0.1) is 0 Å². The number of carbonyl (C=O) groups excluding carboxylic acids is 3. The van der Waals surface area contributed by atoms with Crippen LogP contribution < -0.4 is 0 Å². The zero-order valence-electron chi connectivity index (χ0n) is 12.9. The normalized spacial score (nSPS) is 14.5. The van der Waals surface area contributed by atoms with Crippen LogP contribution in [0.4, 0.5) is 4.39 Å². The van der Waals surface area contributed by atoms with Crippen LogP contribution in [-0.4, -0.2) is 28.7 Å². The predicted octanol–water partition coefficient (Wildman–Crippen LogP) is 2.55. The SMILES string of the molecule is C[C@H](C(=O)OCc1ccccc1F)N1C(=O)c2ccccc2C1=O. The highest BCUT2D eigenvalue weighted by Gasteiger charge is 2.41. The maximum absolute atomic E-state index is 13.5. The molecule has 6 heteroatoms. The van der Waals surface area contributed by atoms with Gasteiger partial charge in [-0.25, -0.2) is 9.18 Å². The van der Waals surface area contributed by atoms with Crippen LogP contribution in [-0.2, 0) is 16.1 Å². The molecule has 0 N–H and O–H groups in total. The van der Waals surface area contributed by atoms with Crippen LogP contribution in [0.1, 0.15) is 33.2 Å². The van der Waals surface area contributed by atoms with Gasteiger partial charge in [-0.05, 0) is 25.1 Å². The van der Waals surface area contributed by atoms with E-state index in [0.717, 1.165) is 4.90 Å². The molecule has 5 nitrogen and oxygen atoms in total. The number of ether oxygens (including phenoxy) is 1. The van der Waals surface area contributed by atoms with Crippen LogP contribution in [0.3, 0.4) is 0 Å². The molecule has 0 fully saturated rings. The van der Waals surface area contributed by atoms with Crippen molar-refractivity contribution in [2.24, 2.45) is 0 Å². The standard InChI is InChI=1S/C18H14FNO4/c1-11(18(23)24-10-12-6-2-5-9-15(12)19)20-16(21)13-7-3-4-8-14(13)17(20)22/h2-9,11H,10H2,1H3/t11-/m1/s1. The second-order valence-corrected chi connectivity index (χ2v) is 5.40. The van der Waals surface area contributed by atoms with Crippen LogP contribution in [0, 0.1) is 5.82 Å². The van der Waals surface area contributed by atoms with E-state index < -0.39 is 29.6 Å². The van der Waals surface area contributed by atoms with Crippen molar-refractivity contribution >= 4 is 17.8 Å². The molecular weight excluding hydrogens is 313 g/mol. The number of halogens is 1. The van der Waals surface area contributed by atoms with Crippen LogP contribution in [0.25, 0.3) is 0 Å². The first-order valence-corrected chi connectivity index (χ1v) is 7.37. The Morgan fingerprint density at radius 1 is 1.04 bits per heavy atom. The molecule has 122 valence electrons. The molecule has 1 heterocycles. The van der Waals surface area contributed by atoms with Gasteiger partial charge in [-0.2, -0.15) is 0 Å². The van der Waals surface area contributed by atoms with Gasteiger partial charge < -0.3 is 4.74 Å². The lowest BCUT2D eigenvalue weighted by atomic mass is 10.1. The molecule has 0 saturated carbocycles. The van der Waals surface area contributed by atoms with Gasteiger partial charge in [0, 0.05) is 5.56 Å². The molecule has 0 spiro atoms. The minimum atomic E-state index is -1.09. The Morgan fingerprint density at radius 2 is 1.58 bits per heavy atom. The first-order chi connectivity index (χ1) is 11.5. The molecule has 0 radical (unpaired) electrons. The lowest BCUT2D eigenvalue weighted by molar-refractivity contribution is -0.149. The number of fused-ring (bicyclic) bond motifs is 1. The van der Waals surface area contributed by atoms with Crippen molar-refractivity contribution in [3.05, 3.63) is 71.0 Å². The third-order valence-electron chi connectivity index (χ3n) is 3.88. The zero-order chi connectivity index (χ0) is 17.3. The Morgan fingerprint density at radius 3 is 2.17 bits per heavy atom. The van der Waals surface area contributed by atoms with Crippen LogP contribution >= 0.6 is 0 Å². The highest BCUT2D eigenvalue weighted by Crippen LogP contribution is 2.25. The summed E-state index contributed by atoms with van der Waals surface area (Å²) in [6.07, 6.45) is 0. The number of esters is 1. The van der Waals surface area contributed by atoms with E-state index in [-0.39, 0.29) is 23.3 Å². The molecule has 2 aromatic carbocycles. The van der Waals surface area contributed by atoms with Gasteiger partial charge in [0.1, 0.15) is 18.5 Å². The van der Waals surface area contributed by atoms with Crippen LogP contribution in [0.2, 0.25) is 0 Å². The number of amides is 2.